The van der Waals surface area contributed by atoms with Gasteiger partial charge in [0.2, 0.25) is 0 Å². The minimum atomic E-state index is -0.123. The predicted molar refractivity (Wildman–Crippen MR) is 95.0 cm³/mol. The number of benzene rings is 1. The quantitative estimate of drug-likeness (QED) is 0.862. The van der Waals surface area contributed by atoms with Gasteiger partial charge in [0.05, 0.1) is 18.9 Å². The number of carbonyl (C=O) groups excluding carboxylic acids is 1. The van der Waals surface area contributed by atoms with E-state index >= 15 is 0 Å². The van der Waals surface area contributed by atoms with E-state index in [2.05, 4.69) is 31.1 Å². The fourth-order valence-electron chi connectivity index (χ4n) is 2.47. The molecule has 1 saturated heterocycles. The Balaban J connectivity index is 1.62. The van der Waals surface area contributed by atoms with Crippen LogP contribution in [0.1, 0.15) is 21.6 Å². The number of nitrogens with one attached hydrogen (secondary N) is 1. The Morgan fingerprint density at radius 2 is 2.22 bits per heavy atom. The van der Waals surface area contributed by atoms with Gasteiger partial charge in [0.25, 0.3) is 5.91 Å². The molecule has 1 N–H and O–H groups in total. The van der Waals surface area contributed by atoms with Crippen LogP contribution in [0.3, 0.4) is 0 Å². The number of rotatable bonds is 4. The molecule has 0 bridgehead atoms. The molecule has 0 radical (unpaired) electrons. The molecule has 7 heteroatoms. The molecule has 1 aliphatic rings. The highest BCUT2D eigenvalue weighted by Gasteiger charge is 2.14. The second-order valence-corrected chi connectivity index (χ2v) is 7.22. The highest BCUT2D eigenvalue weighted by atomic mass is 79.9. The molecule has 5 nitrogen and oxygen atoms in total. The molecule has 23 heavy (non-hydrogen) atoms. The Morgan fingerprint density at radius 1 is 1.43 bits per heavy atom. The van der Waals surface area contributed by atoms with Crippen molar-refractivity contribution in [1.82, 2.24) is 9.88 Å². The van der Waals surface area contributed by atoms with E-state index in [-0.39, 0.29) is 5.91 Å². The van der Waals surface area contributed by atoms with Crippen LogP contribution in [0.5, 0.6) is 0 Å². The van der Waals surface area contributed by atoms with Crippen molar-refractivity contribution in [3.8, 4) is 0 Å². The van der Waals surface area contributed by atoms with E-state index in [1.165, 1.54) is 11.3 Å². The molecule has 0 spiro atoms. The summed E-state index contributed by atoms with van der Waals surface area (Å²) in [5.41, 5.74) is 2.58. The summed E-state index contributed by atoms with van der Waals surface area (Å²) in [6.45, 7) is 6.13. The molecule has 3 rings (SSSR count). The van der Waals surface area contributed by atoms with Crippen LogP contribution < -0.4 is 5.32 Å². The Labute approximate surface area is 147 Å². The number of thiazole rings is 1. The van der Waals surface area contributed by atoms with E-state index in [9.17, 15) is 4.79 Å². The zero-order valence-corrected chi connectivity index (χ0v) is 15.2. The molecule has 1 aromatic carbocycles. The first-order valence-corrected chi connectivity index (χ1v) is 9.11. The van der Waals surface area contributed by atoms with Gasteiger partial charge in [-0.15, -0.1) is 11.3 Å². The van der Waals surface area contributed by atoms with Crippen molar-refractivity contribution in [2.45, 2.75) is 13.5 Å². The average Bonchev–Trinajstić information content (AvgIpc) is 2.95. The van der Waals surface area contributed by atoms with Crippen LogP contribution in [0.4, 0.5) is 5.13 Å². The number of nitrogens with zero attached hydrogens (tertiary/aromatic N) is 2. The summed E-state index contributed by atoms with van der Waals surface area (Å²) in [6, 6.07) is 5.62. The van der Waals surface area contributed by atoms with Gasteiger partial charge in [0.15, 0.2) is 5.13 Å². The zero-order chi connectivity index (χ0) is 16.2. The lowest BCUT2D eigenvalue weighted by Gasteiger charge is -2.25. The monoisotopic (exact) mass is 395 g/mol. The smallest absolute Gasteiger partial charge is 0.257 e. The first-order valence-electron chi connectivity index (χ1n) is 7.44. The van der Waals surface area contributed by atoms with Crippen molar-refractivity contribution in [1.29, 1.82) is 0 Å². The van der Waals surface area contributed by atoms with Gasteiger partial charge >= 0.3 is 0 Å². The minimum absolute atomic E-state index is 0.123. The summed E-state index contributed by atoms with van der Waals surface area (Å²) < 4.78 is 6.31. The second kappa shape index (κ2) is 7.53. The maximum Gasteiger partial charge on any atom is 0.257 e. The van der Waals surface area contributed by atoms with E-state index < -0.39 is 0 Å². The van der Waals surface area contributed by atoms with Crippen LogP contribution in [-0.2, 0) is 11.3 Å². The topological polar surface area (TPSA) is 54.5 Å². The number of aryl methyl sites for hydroxylation is 1. The molecule has 0 atom stereocenters. The standard InChI is InChI=1S/C16H18BrN3O2S/c1-11-8-12(17)2-3-14(11)15(21)19-16-18-13(10-23-16)9-20-4-6-22-7-5-20/h2-3,8,10H,4-7,9H2,1H3,(H,18,19,21). The predicted octanol–water partition coefficient (Wildman–Crippen LogP) is 3.30. The second-order valence-electron chi connectivity index (χ2n) is 5.45. The molecule has 0 saturated carbocycles. The van der Waals surface area contributed by atoms with Gasteiger partial charge in [-0.05, 0) is 30.7 Å². The molecule has 2 heterocycles. The van der Waals surface area contributed by atoms with E-state index in [0.717, 1.165) is 48.6 Å². The maximum absolute atomic E-state index is 12.4. The van der Waals surface area contributed by atoms with Crippen LogP contribution in [-0.4, -0.2) is 42.1 Å². The minimum Gasteiger partial charge on any atom is -0.379 e. The van der Waals surface area contributed by atoms with Crippen molar-refractivity contribution < 1.29 is 9.53 Å². The van der Waals surface area contributed by atoms with Gasteiger partial charge in [-0.25, -0.2) is 4.98 Å². The summed E-state index contributed by atoms with van der Waals surface area (Å²) in [6.07, 6.45) is 0. The summed E-state index contributed by atoms with van der Waals surface area (Å²) in [5.74, 6) is -0.123. The van der Waals surface area contributed by atoms with Crippen LogP contribution in [0, 0.1) is 6.92 Å². The lowest BCUT2D eigenvalue weighted by atomic mass is 10.1. The molecular formula is C16H18BrN3O2S. The number of carbonyl (C=O) groups is 1. The first kappa shape index (κ1) is 16.6. The number of halogens is 1. The van der Waals surface area contributed by atoms with Crippen LogP contribution in [0.15, 0.2) is 28.1 Å². The summed E-state index contributed by atoms with van der Waals surface area (Å²) >= 11 is 4.87. The Bertz CT molecular complexity index is 698. The number of morpholine rings is 1. The van der Waals surface area contributed by atoms with E-state index in [0.29, 0.717) is 10.7 Å². The van der Waals surface area contributed by atoms with Gasteiger partial charge in [0.1, 0.15) is 0 Å². The van der Waals surface area contributed by atoms with Gasteiger partial charge in [-0.2, -0.15) is 0 Å². The van der Waals surface area contributed by atoms with Crippen molar-refractivity contribution in [2.75, 3.05) is 31.6 Å². The third-order valence-electron chi connectivity index (χ3n) is 3.69. The highest BCUT2D eigenvalue weighted by molar-refractivity contribution is 9.10. The third-order valence-corrected chi connectivity index (χ3v) is 4.99. The molecule has 0 unspecified atom stereocenters. The number of ether oxygens (including phenoxy) is 1. The van der Waals surface area contributed by atoms with E-state index in [1.54, 1.807) is 0 Å². The van der Waals surface area contributed by atoms with Gasteiger partial charge < -0.3 is 4.74 Å². The summed E-state index contributed by atoms with van der Waals surface area (Å²) in [5, 5.41) is 5.53. The van der Waals surface area contributed by atoms with Crippen LogP contribution in [0.2, 0.25) is 0 Å². The molecule has 0 aliphatic carbocycles. The van der Waals surface area contributed by atoms with Gasteiger partial charge in [-0.1, -0.05) is 15.9 Å². The molecule has 2 aromatic rings. The fraction of sp³-hybridized carbons (Fsp3) is 0.375. The Morgan fingerprint density at radius 3 is 2.96 bits per heavy atom. The maximum atomic E-state index is 12.4. The molecular weight excluding hydrogens is 378 g/mol. The van der Waals surface area contributed by atoms with E-state index in [1.807, 2.05) is 30.5 Å². The molecule has 1 amide bonds. The largest absolute Gasteiger partial charge is 0.379 e. The number of anilines is 1. The van der Waals surface area contributed by atoms with Gasteiger partial charge in [-0.3, -0.25) is 15.0 Å². The number of hydrogen-bond acceptors (Lipinski definition) is 5. The summed E-state index contributed by atoms with van der Waals surface area (Å²) in [4.78, 5) is 19.2. The molecule has 1 aromatic heterocycles. The third kappa shape index (κ3) is 4.38. The average molecular weight is 396 g/mol. The normalized spacial score (nSPS) is 15.6. The van der Waals surface area contributed by atoms with E-state index in [4.69, 9.17) is 4.74 Å². The van der Waals surface area contributed by atoms with Gasteiger partial charge in [0, 0.05) is 35.1 Å². The highest BCUT2D eigenvalue weighted by Crippen LogP contribution is 2.20. The van der Waals surface area contributed by atoms with Crippen molar-refractivity contribution in [3.05, 3.63) is 44.9 Å². The number of amides is 1. The van der Waals surface area contributed by atoms with Crippen molar-refractivity contribution in [3.63, 3.8) is 0 Å². The number of hydrogen-bond donors (Lipinski definition) is 1. The molecule has 122 valence electrons. The van der Waals surface area contributed by atoms with Crippen molar-refractivity contribution >= 4 is 38.3 Å². The fourth-order valence-corrected chi connectivity index (χ4v) is 3.64. The molecule has 1 fully saturated rings. The lowest BCUT2D eigenvalue weighted by molar-refractivity contribution is 0.0337. The Hall–Kier alpha value is -1.28. The molecule has 1 aliphatic heterocycles. The SMILES string of the molecule is Cc1cc(Br)ccc1C(=O)Nc1nc(CN2CCOCC2)cs1. The lowest BCUT2D eigenvalue weighted by Crippen LogP contribution is -2.35. The first-order chi connectivity index (χ1) is 11.1. The van der Waals surface area contributed by atoms with Crippen LogP contribution in [0.25, 0.3) is 0 Å². The van der Waals surface area contributed by atoms with Crippen molar-refractivity contribution in [2.24, 2.45) is 0 Å². The summed E-state index contributed by atoms with van der Waals surface area (Å²) in [7, 11) is 0. The zero-order valence-electron chi connectivity index (χ0n) is 12.8. The number of aromatic nitrogens is 1. The van der Waals surface area contributed by atoms with Crippen LogP contribution >= 0.6 is 27.3 Å². The Kier molecular flexibility index (Phi) is 5.42.